The van der Waals surface area contributed by atoms with Crippen molar-refractivity contribution in [2.24, 2.45) is 0 Å². The summed E-state index contributed by atoms with van der Waals surface area (Å²) in [4.78, 5) is 28.5. The molecule has 0 bridgehead atoms. The summed E-state index contributed by atoms with van der Waals surface area (Å²) >= 11 is 0.647. The van der Waals surface area contributed by atoms with Crippen LogP contribution in [-0.4, -0.2) is 88.8 Å². The van der Waals surface area contributed by atoms with Crippen LogP contribution >= 0.6 is 11.5 Å². The number of halogens is 3. The Morgan fingerprint density at radius 1 is 1.03 bits per heavy atom. The Labute approximate surface area is 216 Å². The average molecular weight is 546 g/mol. The second-order valence-corrected chi connectivity index (χ2v) is 9.26. The molecular weight excluding hydrogens is 515 g/mol. The first kappa shape index (κ1) is 28.6. The van der Waals surface area contributed by atoms with Crippen molar-refractivity contribution in [1.29, 1.82) is 0 Å². The maximum absolute atomic E-state index is 13.8. The number of piperazine rings is 1. The van der Waals surface area contributed by atoms with E-state index in [1.807, 2.05) is 0 Å². The van der Waals surface area contributed by atoms with E-state index < -0.39 is 53.1 Å². The van der Waals surface area contributed by atoms with Gasteiger partial charge in [-0.15, -0.1) is 0 Å². The predicted molar refractivity (Wildman–Crippen MR) is 131 cm³/mol. The summed E-state index contributed by atoms with van der Waals surface area (Å²) in [5, 5.41) is 23.5. The van der Waals surface area contributed by atoms with Gasteiger partial charge in [-0.05, 0) is 30.9 Å². The smallest absolute Gasteiger partial charge is 0.344 e. The van der Waals surface area contributed by atoms with E-state index in [1.165, 1.54) is 0 Å². The fourth-order valence-electron chi connectivity index (χ4n) is 3.86. The molecule has 0 spiro atoms. The van der Waals surface area contributed by atoms with Crippen LogP contribution in [0.5, 0.6) is 5.88 Å². The first-order valence-corrected chi connectivity index (χ1v) is 12.7. The van der Waals surface area contributed by atoms with Crippen molar-refractivity contribution >= 4 is 28.5 Å². The van der Waals surface area contributed by atoms with Gasteiger partial charge < -0.3 is 25.2 Å². The number of unbranched alkanes of at least 4 members (excludes halogenated alkanes) is 2. The van der Waals surface area contributed by atoms with Gasteiger partial charge in [-0.1, -0.05) is 6.42 Å². The number of carboxylic acids is 1. The number of hydrogen-bond donors (Lipinski definition) is 4. The number of benzene rings is 1. The minimum Gasteiger partial charge on any atom is -0.477 e. The molecule has 1 saturated heterocycles. The van der Waals surface area contributed by atoms with E-state index >= 15 is 0 Å². The largest absolute Gasteiger partial charge is 0.477 e. The molecule has 2 heterocycles. The topological polar surface area (TPSA) is 127 Å². The summed E-state index contributed by atoms with van der Waals surface area (Å²) in [5.74, 6) is -5.32. The summed E-state index contributed by atoms with van der Waals surface area (Å²) < 4.78 is 49.7. The van der Waals surface area contributed by atoms with E-state index in [4.69, 9.17) is 9.84 Å². The molecule has 1 fully saturated rings. The Hall–Kier alpha value is -2.94. The third-order valence-corrected chi connectivity index (χ3v) is 6.62. The number of hydrogen-bond acceptors (Lipinski definition) is 8. The molecule has 37 heavy (non-hydrogen) atoms. The zero-order valence-corrected chi connectivity index (χ0v) is 21.0. The van der Waals surface area contributed by atoms with E-state index in [0.717, 1.165) is 52.0 Å². The van der Waals surface area contributed by atoms with Gasteiger partial charge in [0, 0.05) is 51.4 Å². The highest BCUT2D eigenvalue weighted by Gasteiger charge is 2.24. The molecule has 0 unspecified atom stereocenters. The molecule has 1 aliphatic heterocycles. The minimum atomic E-state index is -1.45. The number of aromatic carboxylic acids is 1. The molecule has 0 saturated carbocycles. The molecule has 4 N–H and O–H groups in total. The second kappa shape index (κ2) is 14.1. The Balaban J connectivity index is 1.40. The van der Waals surface area contributed by atoms with E-state index in [1.54, 1.807) is 0 Å². The third-order valence-electron chi connectivity index (χ3n) is 5.88. The van der Waals surface area contributed by atoms with Crippen LogP contribution in [0.15, 0.2) is 12.1 Å². The zero-order chi connectivity index (χ0) is 26.8. The quantitative estimate of drug-likeness (QED) is 0.283. The predicted octanol–water partition coefficient (Wildman–Crippen LogP) is 2.74. The SMILES string of the molecule is O=C(NCCCCCN1CCN(CCO)CC1)Nc1snc(OCc2c(F)cc(F)cc2F)c1C(=O)O. The highest BCUT2D eigenvalue weighted by molar-refractivity contribution is 7.11. The number of amides is 2. The van der Waals surface area contributed by atoms with Crippen LogP contribution in [0, 0.1) is 17.5 Å². The normalized spacial score (nSPS) is 14.5. The third kappa shape index (κ3) is 8.55. The van der Waals surface area contributed by atoms with E-state index in [9.17, 15) is 27.9 Å². The number of rotatable bonds is 13. The molecule has 0 atom stereocenters. The molecule has 10 nitrogen and oxygen atoms in total. The van der Waals surface area contributed by atoms with Crippen molar-refractivity contribution in [3.63, 3.8) is 0 Å². The van der Waals surface area contributed by atoms with Gasteiger partial charge in [0.15, 0.2) is 5.56 Å². The fourth-order valence-corrected chi connectivity index (χ4v) is 4.59. The molecular formula is C23H30F3N5O5S. The average Bonchev–Trinajstić information content (AvgIpc) is 3.24. The van der Waals surface area contributed by atoms with Crippen LogP contribution in [0.25, 0.3) is 0 Å². The molecule has 204 valence electrons. The number of urea groups is 1. The van der Waals surface area contributed by atoms with Crippen molar-refractivity contribution in [1.82, 2.24) is 19.5 Å². The molecule has 0 radical (unpaired) electrons. The zero-order valence-electron chi connectivity index (χ0n) is 20.1. The van der Waals surface area contributed by atoms with E-state index in [2.05, 4.69) is 24.8 Å². The number of β-amino-alcohol motifs (C(OH)–C–C–N with tert-alkyl or cyclic N) is 1. The number of carboxylic acid groups (broad SMARTS) is 1. The number of aromatic nitrogens is 1. The number of nitrogens with zero attached hydrogens (tertiary/aromatic N) is 3. The van der Waals surface area contributed by atoms with Gasteiger partial charge in [-0.25, -0.2) is 22.8 Å². The lowest BCUT2D eigenvalue weighted by Gasteiger charge is -2.34. The molecule has 2 amide bonds. The van der Waals surface area contributed by atoms with E-state index in [-0.39, 0.29) is 11.6 Å². The lowest BCUT2D eigenvalue weighted by molar-refractivity contribution is 0.0693. The number of ether oxygens (including phenoxy) is 1. The maximum atomic E-state index is 13.8. The minimum absolute atomic E-state index is 0.0969. The monoisotopic (exact) mass is 545 g/mol. The Morgan fingerprint density at radius 3 is 2.30 bits per heavy atom. The fraction of sp³-hybridized carbons (Fsp3) is 0.522. The summed E-state index contributed by atoms with van der Waals surface area (Å²) in [7, 11) is 0. The van der Waals surface area contributed by atoms with Crippen molar-refractivity contribution < 1.29 is 37.7 Å². The Bertz CT molecular complexity index is 1040. The Kier molecular flexibility index (Phi) is 10.9. The van der Waals surface area contributed by atoms with Gasteiger partial charge in [0.05, 0.1) is 12.2 Å². The van der Waals surface area contributed by atoms with Gasteiger partial charge in [-0.3, -0.25) is 10.2 Å². The number of nitrogens with one attached hydrogen (secondary N) is 2. The van der Waals surface area contributed by atoms with Crippen LogP contribution in [0.3, 0.4) is 0 Å². The van der Waals surface area contributed by atoms with Gasteiger partial charge >= 0.3 is 12.0 Å². The summed E-state index contributed by atoms with van der Waals surface area (Å²) in [6, 6.07) is 0.353. The molecule has 1 aromatic carbocycles. The van der Waals surface area contributed by atoms with Crippen LogP contribution in [0.1, 0.15) is 35.2 Å². The van der Waals surface area contributed by atoms with Gasteiger partial charge in [0.2, 0.25) is 5.88 Å². The Morgan fingerprint density at radius 2 is 1.68 bits per heavy atom. The summed E-state index contributed by atoms with van der Waals surface area (Å²) in [6.07, 6.45) is 2.64. The van der Waals surface area contributed by atoms with Crippen molar-refractivity contribution in [2.45, 2.75) is 25.9 Å². The van der Waals surface area contributed by atoms with Gasteiger partial charge in [0.1, 0.15) is 29.1 Å². The number of anilines is 1. The number of aliphatic hydroxyl groups excluding tert-OH is 1. The van der Waals surface area contributed by atoms with Crippen LogP contribution in [-0.2, 0) is 6.61 Å². The van der Waals surface area contributed by atoms with E-state index in [0.29, 0.717) is 36.8 Å². The number of aliphatic hydroxyl groups is 1. The summed E-state index contributed by atoms with van der Waals surface area (Å²) in [6.45, 7) is 5.38. The molecule has 0 aliphatic carbocycles. The van der Waals surface area contributed by atoms with Gasteiger partial charge in [-0.2, -0.15) is 4.37 Å². The lowest BCUT2D eigenvalue weighted by atomic mass is 10.2. The van der Waals surface area contributed by atoms with Gasteiger partial charge in [0.25, 0.3) is 0 Å². The van der Waals surface area contributed by atoms with Crippen LogP contribution in [0.2, 0.25) is 0 Å². The highest BCUT2D eigenvalue weighted by Crippen LogP contribution is 2.31. The van der Waals surface area contributed by atoms with Crippen LogP contribution in [0.4, 0.5) is 23.0 Å². The highest BCUT2D eigenvalue weighted by atomic mass is 32.1. The van der Waals surface area contributed by atoms with Crippen molar-refractivity contribution in [3.05, 3.63) is 40.7 Å². The molecule has 3 rings (SSSR count). The summed E-state index contributed by atoms with van der Waals surface area (Å²) in [5.41, 5.74) is -1.04. The standard InChI is InChI=1S/C23H30F3N5O5S/c24-15-12-17(25)16(18(26)13-15)14-36-20-19(22(33)34)21(37-29-20)28-23(35)27-4-2-1-3-5-30-6-8-31(9-7-30)10-11-32/h12-13,32H,1-11,14H2,(H,33,34)(H2,27,28,35). The molecule has 2 aromatic rings. The van der Waals surface area contributed by atoms with Crippen molar-refractivity contribution in [3.8, 4) is 5.88 Å². The number of carbonyl (C=O) groups excluding carboxylic acids is 1. The lowest BCUT2D eigenvalue weighted by Crippen LogP contribution is -2.47. The molecule has 1 aromatic heterocycles. The number of carbonyl (C=O) groups is 2. The first-order valence-electron chi connectivity index (χ1n) is 11.9. The molecule has 14 heteroatoms. The first-order chi connectivity index (χ1) is 17.8. The maximum Gasteiger partial charge on any atom is 0.344 e. The van der Waals surface area contributed by atoms with Crippen molar-refractivity contribution in [2.75, 3.05) is 57.7 Å². The second-order valence-electron chi connectivity index (χ2n) is 8.48. The van der Waals surface area contributed by atoms with Crippen LogP contribution < -0.4 is 15.4 Å². The molecule has 1 aliphatic rings.